The van der Waals surface area contributed by atoms with Crippen LogP contribution in [0.2, 0.25) is 0 Å². The van der Waals surface area contributed by atoms with Crippen LogP contribution in [0.4, 0.5) is 0 Å². The molecule has 0 spiro atoms. The molecule has 1 unspecified atom stereocenters. The van der Waals surface area contributed by atoms with Crippen LogP contribution in [0.1, 0.15) is 23.6 Å². The summed E-state index contributed by atoms with van der Waals surface area (Å²) >= 11 is 3.45. The highest BCUT2D eigenvalue weighted by Crippen LogP contribution is 2.17. The maximum atomic E-state index is 6.26. The van der Waals surface area contributed by atoms with E-state index in [0.717, 1.165) is 30.4 Å². The fraction of sp³-hybridized carbons (Fsp3) is 0.333. The van der Waals surface area contributed by atoms with Crippen molar-refractivity contribution in [3.8, 4) is 0 Å². The van der Waals surface area contributed by atoms with Crippen LogP contribution in [-0.4, -0.2) is 25.0 Å². The molecule has 0 saturated carbocycles. The molecule has 21 heavy (non-hydrogen) atoms. The van der Waals surface area contributed by atoms with E-state index in [1.807, 2.05) is 12.1 Å². The van der Waals surface area contributed by atoms with Gasteiger partial charge in [0.05, 0.1) is 0 Å². The maximum Gasteiger partial charge on any atom is 0.0307 e. The molecule has 0 amide bonds. The zero-order valence-electron chi connectivity index (χ0n) is 12.5. The van der Waals surface area contributed by atoms with Crippen LogP contribution >= 0.6 is 15.9 Å². The SMILES string of the molecule is CN(CCc1ccccc1)CCC(N)c1ccc(Br)cc1. The number of hydrogen-bond acceptors (Lipinski definition) is 2. The topological polar surface area (TPSA) is 29.3 Å². The molecule has 2 rings (SSSR count). The van der Waals surface area contributed by atoms with E-state index in [0.29, 0.717) is 0 Å². The molecule has 0 radical (unpaired) electrons. The van der Waals surface area contributed by atoms with Crippen LogP contribution in [-0.2, 0) is 6.42 Å². The molecule has 3 heteroatoms. The first-order valence-electron chi connectivity index (χ1n) is 7.38. The molecular weight excluding hydrogens is 324 g/mol. The fourth-order valence-corrected chi connectivity index (χ4v) is 2.58. The van der Waals surface area contributed by atoms with Crippen LogP contribution in [0.3, 0.4) is 0 Å². The number of likely N-dealkylation sites (N-methyl/N-ethyl adjacent to an activating group) is 1. The summed E-state index contributed by atoms with van der Waals surface area (Å²) in [4.78, 5) is 2.35. The molecule has 112 valence electrons. The third-order valence-electron chi connectivity index (χ3n) is 3.75. The number of hydrogen-bond donors (Lipinski definition) is 1. The van der Waals surface area contributed by atoms with Crippen molar-refractivity contribution in [3.63, 3.8) is 0 Å². The Balaban J connectivity index is 1.73. The van der Waals surface area contributed by atoms with Gasteiger partial charge in [-0.15, -0.1) is 0 Å². The van der Waals surface area contributed by atoms with E-state index in [1.165, 1.54) is 11.1 Å². The molecule has 0 heterocycles. The van der Waals surface area contributed by atoms with E-state index in [9.17, 15) is 0 Å². The minimum Gasteiger partial charge on any atom is -0.324 e. The van der Waals surface area contributed by atoms with E-state index in [1.54, 1.807) is 0 Å². The van der Waals surface area contributed by atoms with Gasteiger partial charge in [0, 0.05) is 17.1 Å². The van der Waals surface area contributed by atoms with Crippen molar-refractivity contribution in [2.45, 2.75) is 18.9 Å². The maximum absolute atomic E-state index is 6.26. The third-order valence-corrected chi connectivity index (χ3v) is 4.27. The molecular formula is C18H23BrN2. The average molecular weight is 347 g/mol. The van der Waals surface area contributed by atoms with Gasteiger partial charge in [-0.25, -0.2) is 0 Å². The molecule has 0 aromatic heterocycles. The first-order valence-corrected chi connectivity index (χ1v) is 8.18. The van der Waals surface area contributed by atoms with Gasteiger partial charge in [0.1, 0.15) is 0 Å². The molecule has 2 aromatic rings. The molecule has 2 N–H and O–H groups in total. The zero-order chi connectivity index (χ0) is 15.1. The highest BCUT2D eigenvalue weighted by Gasteiger charge is 2.07. The Labute approximate surface area is 136 Å². The second-order valence-corrected chi connectivity index (χ2v) is 6.40. The Morgan fingerprint density at radius 3 is 2.33 bits per heavy atom. The molecule has 0 bridgehead atoms. The van der Waals surface area contributed by atoms with Gasteiger partial charge in [0.15, 0.2) is 0 Å². The van der Waals surface area contributed by atoms with E-state index in [-0.39, 0.29) is 6.04 Å². The van der Waals surface area contributed by atoms with Gasteiger partial charge in [0.2, 0.25) is 0 Å². The normalized spacial score (nSPS) is 12.6. The predicted octanol–water partition coefficient (Wildman–Crippen LogP) is 4.01. The van der Waals surface area contributed by atoms with E-state index < -0.39 is 0 Å². The smallest absolute Gasteiger partial charge is 0.0307 e. The van der Waals surface area contributed by atoms with Crippen molar-refractivity contribution in [2.24, 2.45) is 5.73 Å². The summed E-state index contributed by atoms with van der Waals surface area (Å²) in [5.74, 6) is 0. The molecule has 0 saturated heterocycles. The molecule has 0 aliphatic heterocycles. The quantitative estimate of drug-likeness (QED) is 0.820. The van der Waals surface area contributed by atoms with Crippen LogP contribution in [0, 0.1) is 0 Å². The van der Waals surface area contributed by atoms with Gasteiger partial charge in [-0.05, 0) is 49.7 Å². The highest BCUT2D eigenvalue weighted by atomic mass is 79.9. The number of halogens is 1. The third kappa shape index (κ3) is 5.62. The van der Waals surface area contributed by atoms with Crippen molar-refractivity contribution in [3.05, 3.63) is 70.2 Å². The molecule has 0 aliphatic rings. The van der Waals surface area contributed by atoms with Crippen LogP contribution in [0.15, 0.2) is 59.1 Å². The Kier molecular flexibility index (Phi) is 6.43. The minimum atomic E-state index is 0.109. The van der Waals surface area contributed by atoms with Crippen molar-refractivity contribution >= 4 is 15.9 Å². The zero-order valence-corrected chi connectivity index (χ0v) is 14.1. The van der Waals surface area contributed by atoms with Crippen LogP contribution < -0.4 is 5.73 Å². The van der Waals surface area contributed by atoms with Crippen molar-refractivity contribution in [2.75, 3.05) is 20.1 Å². The molecule has 0 aliphatic carbocycles. The number of nitrogens with zero attached hydrogens (tertiary/aromatic N) is 1. The van der Waals surface area contributed by atoms with Gasteiger partial charge < -0.3 is 10.6 Å². The number of nitrogens with two attached hydrogens (primary N) is 1. The predicted molar refractivity (Wildman–Crippen MR) is 93.3 cm³/mol. The Bertz CT molecular complexity index is 525. The van der Waals surface area contributed by atoms with E-state index >= 15 is 0 Å². The molecule has 0 fully saturated rings. The highest BCUT2D eigenvalue weighted by molar-refractivity contribution is 9.10. The van der Waals surface area contributed by atoms with Crippen molar-refractivity contribution < 1.29 is 0 Å². The summed E-state index contributed by atoms with van der Waals surface area (Å²) in [6.45, 7) is 2.08. The second kappa shape index (κ2) is 8.32. The van der Waals surface area contributed by atoms with Gasteiger partial charge in [0.25, 0.3) is 0 Å². The van der Waals surface area contributed by atoms with Gasteiger partial charge in [-0.3, -0.25) is 0 Å². The Hall–Kier alpha value is -1.16. The standard InChI is InChI=1S/C18H23BrN2/c1-21(13-11-15-5-3-2-4-6-15)14-12-18(20)16-7-9-17(19)10-8-16/h2-10,18H,11-14,20H2,1H3. The first-order chi connectivity index (χ1) is 10.1. The van der Waals surface area contributed by atoms with Crippen LogP contribution in [0.5, 0.6) is 0 Å². The summed E-state index contributed by atoms with van der Waals surface area (Å²) in [5, 5.41) is 0. The summed E-state index contributed by atoms with van der Waals surface area (Å²) < 4.78 is 1.10. The van der Waals surface area contributed by atoms with Gasteiger partial charge in [-0.1, -0.05) is 58.4 Å². The van der Waals surface area contributed by atoms with Gasteiger partial charge in [-0.2, -0.15) is 0 Å². The fourth-order valence-electron chi connectivity index (χ4n) is 2.31. The monoisotopic (exact) mass is 346 g/mol. The lowest BCUT2D eigenvalue weighted by Gasteiger charge is -2.19. The number of rotatable bonds is 7. The summed E-state index contributed by atoms with van der Waals surface area (Å²) in [6, 6.07) is 19.0. The summed E-state index contributed by atoms with van der Waals surface area (Å²) in [6.07, 6.45) is 2.07. The summed E-state index contributed by atoms with van der Waals surface area (Å²) in [5.41, 5.74) is 8.85. The van der Waals surface area contributed by atoms with E-state index in [2.05, 4.69) is 70.3 Å². The van der Waals surface area contributed by atoms with Crippen LogP contribution in [0.25, 0.3) is 0 Å². The average Bonchev–Trinajstić information content (AvgIpc) is 2.52. The van der Waals surface area contributed by atoms with Crippen molar-refractivity contribution in [1.29, 1.82) is 0 Å². The molecule has 2 aromatic carbocycles. The first kappa shape index (κ1) is 16.2. The van der Waals surface area contributed by atoms with Gasteiger partial charge >= 0.3 is 0 Å². The Morgan fingerprint density at radius 2 is 1.67 bits per heavy atom. The minimum absolute atomic E-state index is 0.109. The lowest BCUT2D eigenvalue weighted by atomic mass is 10.0. The lowest BCUT2D eigenvalue weighted by molar-refractivity contribution is 0.322. The Morgan fingerprint density at radius 1 is 1.00 bits per heavy atom. The summed E-state index contributed by atoms with van der Waals surface area (Å²) in [7, 11) is 2.16. The van der Waals surface area contributed by atoms with Crippen molar-refractivity contribution in [1.82, 2.24) is 4.90 Å². The molecule has 2 nitrogen and oxygen atoms in total. The lowest BCUT2D eigenvalue weighted by Crippen LogP contribution is -2.25. The second-order valence-electron chi connectivity index (χ2n) is 5.49. The van der Waals surface area contributed by atoms with E-state index in [4.69, 9.17) is 5.73 Å². The largest absolute Gasteiger partial charge is 0.324 e. The number of benzene rings is 2. The molecule has 1 atom stereocenters.